The Morgan fingerprint density at radius 2 is 2.10 bits per heavy atom. The normalized spacial score (nSPS) is 15.9. The van der Waals surface area contributed by atoms with Crippen molar-refractivity contribution in [3.8, 4) is 6.07 Å². The summed E-state index contributed by atoms with van der Waals surface area (Å²) in [4.78, 5) is 6.66. The van der Waals surface area contributed by atoms with Gasteiger partial charge < -0.3 is 4.52 Å². The molecule has 1 aromatic carbocycles. The van der Waals surface area contributed by atoms with Gasteiger partial charge in [0.05, 0.1) is 17.7 Å². The van der Waals surface area contributed by atoms with Crippen molar-refractivity contribution in [2.75, 3.05) is 7.05 Å². The van der Waals surface area contributed by atoms with E-state index in [4.69, 9.17) is 9.78 Å². The average Bonchev–Trinajstić information content (AvgIpc) is 3.25. The molecule has 0 amide bonds. The number of hydrogen-bond acceptors (Lipinski definition) is 5. The van der Waals surface area contributed by atoms with E-state index in [2.05, 4.69) is 28.0 Å². The van der Waals surface area contributed by atoms with Crippen LogP contribution in [0.3, 0.4) is 0 Å². The van der Waals surface area contributed by atoms with Crippen LogP contribution in [0, 0.1) is 11.3 Å². The zero-order valence-corrected chi connectivity index (χ0v) is 12.3. The Balaban J connectivity index is 1.65. The molecule has 21 heavy (non-hydrogen) atoms. The highest BCUT2D eigenvalue weighted by molar-refractivity contribution is 5.31. The van der Waals surface area contributed by atoms with Crippen molar-refractivity contribution in [1.82, 2.24) is 15.0 Å². The van der Waals surface area contributed by atoms with Gasteiger partial charge in [0.1, 0.15) is 0 Å². The van der Waals surface area contributed by atoms with Crippen LogP contribution >= 0.6 is 0 Å². The van der Waals surface area contributed by atoms with Gasteiger partial charge in [0.25, 0.3) is 0 Å². The lowest BCUT2D eigenvalue weighted by Gasteiger charge is -2.21. The molecule has 1 aromatic heterocycles. The molecule has 5 nitrogen and oxygen atoms in total. The van der Waals surface area contributed by atoms with Crippen molar-refractivity contribution >= 4 is 0 Å². The summed E-state index contributed by atoms with van der Waals surface area (Å²) < 4.78 is 5.38. The van der Waals surface area contributed by atoms with Crippen LogP contribution < -0.4 is 0 Å². The highest BCUT2D eigenvalue weighted by Gasteiger charge is 2.30. The summed E-state index contributed by atoms with van der Waals surface area (Å²) in [6.45, 7) is 2.84. The molecule has 0 unspecified atom stereocenters. The van der Waals surface area contributed by atoms with Crippen molar-refractivity contribution in [3.05, 3.63) is 47.1 Å². The fraction of sp³-hybridized carbons (Fsp3) is 0.438. The Hall–Kier alpha value is -2.19. The van der Waals surface area contributed by atoms with Crippen molar-refractivity contribution < 1.29 is 4.52 Å². The predicted octanol–water partition coefficient (Wildman–Crippen LogP) is 3.01. The summed E-state index contributed by atoms with van der Waals surface area (Å²) in [5, 5.41) is 12.9. The van der Waals surface area contributed by atoms with Crippen LogP contribution in [0.15, 0.2) is 28.8 Å². The molecule has 3 rings (SSSR count). The summed E-state index contributed by atoms with van der Waals surface area (Å²) >= 11 is 0. The Morgan fingerprint density at radius 1 is 1.38 bits per heavy atom. The number of nitrogens with zero attached hydrogens (tertiary/aromatic N) is 4. The lowest BCUT2D eigenvalue weighted by molar-refractivity contribution is 0.202. The van der Waals surface area contributed by atoms with Gasteiger partial charge in [-0.05, 0) is 44.5 Å². The highest BCUT2D eigenvalue weighted by atomic mass is 16.5. The molecule has 1 atom stereocenters. The molecule has 0 spiro atoms. The maximum absolute atomic E-state index is 8.81. The van der Waals surface area contributed by atoms with Crippen molar-refractivity contribution in [3.63, 3.8) is 0 Å². The third-order valence-corrected chi connectivity index (χ3v) is 3.93. The van der Waals surface area contributed by atoms with E-state index in [9.17, 15) is 0 Å². The molecular formula is C16H18N4O. The monoisotopic (exact) mass is 282 g/mol. The van der Waals surface area contributed by atoms with Gasteiger partial charge in [0.15, 0.2) is 5.82 Å². The zero-order chi connectivity index (χ0) is 14.8. The van der Waals surface area contributed by atoms with Gasteiger partial charge in [-0.2, -0.15) is 10.2 Å². The molecule has 1 aliphatic rings. The van der Waals surface area contributed by atoms with E-state index in [0.717, 1.165) is 17.9 Å². The molecule has 0 radical (unpaired) electrons. The van der Waals surface area contributed by atoms with Gasteiger partial charge >= 0.3 is 0 Å². The topological polar surface area (TPSA) is 66.0 Å². The van der Waals surface area contributed by atoms with Crippen LogP contribution in [-0.2, 0) is 6.54 Å². The van der Waals surface area contributed by atoms with E-state index in [1.807, 2.05) is 31.3 Å². The molecular weight excluding hydrogens is 264 g/mol. The standard InChI is InChI=1S/C16H18N4O/c1-11(16-18-15(19-21-16)14-7-8-14)20(2)10-13-5-3-12(9-17)4-6-13/h3-6,11,14H,7-8,10H2,1-2H3/t11-/m0/s1. The highest BCUT2D eigenvalue weighted by Crippen LogP contribution is 2.38. The summed E-state index contributed by atoms with van der Waals surface area (Å²) in [5.74, 6) is 2.04. The number of aromatic nitrogens is 2. The molecule has 2 aromatic rings. The van der Waals surface area contributed by atoms with Gasteiger partial charge in [-0.1, -0.05) is 17.3 Å². The third-order valence-electron chi connectivity index (χ3n) is 3.93. The number of benzene rings is 1. The first kappa shape index (κ1) is 13.8. The average molecular weight is 282 g/mol. The molecule has 1 aliphatic carbocycles. The first-order valence-corrected chi connectivity index (χ1v) is 7.20. The summed E-state index contributed by atoms with van der Waals surface area (Å²) in [5.41, 5.74) is 1.84. The Kier molecular flexibility index (Phi) is 3.72. The lowest BCUT2D eigenvalue weighted by atomic mass is 10.1. The second kappa shape index (κ2) is 5.66. The van der Waals surface area contributed by atoms with Gasteiger partial charge in [-0.3, -0.25) is 4.90 Å². The first-order valence-electron chi connectivity index (χ1n) is 7.20. The fourth-order valence-electron chi connectivity index (χ4n) is 2.22. The predicted molar refractivity (Wildman–Crippen MR) is 77.3 cm³/mol. The second-order valence-electron chi connectivity index (χ2n) is 5.66. The maximum atomic E-state index is 8.81. The first-order chi connectivity index (χ1) is 10.2. The Bertz CT molecular complexity index is 652. The maximum Gasteiger partial charge on any atom is 0.243 e. The number of rotatable bonds is 5. The molecule has 1 fully saturated rings. The van der Waals surface area contributed by atoms with Crippen LogP contribution in [0.25, 0.3) is 0 Å². The SMILES string of the molecule is C[C@@H](c1nc(C2CC2)no1)N(C)Cc1ccc(C#N)cc1. The van der Waals surface area contributed by atoms with Crippen molar-refractivity contribution in [2.45, 2.75) is 38.3 Å². The van der Waals surface area contributed by atoms with Crippen LogP contribution in [-0.4, -0.2) is 22.1 Å². The number of nitriles is 1. The van der Waals surface area contributed by atoms with E-state index < -0.39 is 0 Å². The lowest BCUT2D eigenvalue weighted by Crippen LogP contribution is -2.22. The minimum Gasteiger partial charge on any atom is -0.338 e. The Morgan fingerprint density at radius 3 is 2.71 bits per heavy atom. The van der Waals surface area contributed by atoms with Crippen molar-refractivity contribution in [1.29, 1.82) is 5.26 Å². The summed E-state index contributed by atoms with van der Waals surface area (Å²) in [6.07, 6.45) is 2.35. The molecule has 0 saturated heterocycles. The van der Waals surface area contributed by atoms with E-state index >= 15 is 0 Å². The minimum absolute atomic E-state index is 0.0700. The van der Waals surface area contributed by atoms with E-state index in [1.54, 1.807) is 0 Å². The fourth-order valence-corrected chi connectivity index (χ4v) is 2.22. The largest absolute Gasteiger partial charge is 0.338 e. The molecule has 1 saturated carbocycles. The van der Waals surface area contributed by atoms with E-state index in [0.29, 0.717) is 17.4 Å². The van der Waals surface area contributed by atoms with E-state index in [-0.39, 0.29) is 6.04 Å². The van der Waals surface area contributed by atoms with Gasteiger partial charge in [0, 0.05) is 12.5 Å². The summed E-state index contributed by atoms with van der Waals surface area (Å²) in [6, 6.07) is 9.83. The van der Waals surface area contributed by atoms with Gasteiger partial charge in [-0.25, -0.2) is 0 Å². The Labute approximate surface area is 124 Å². The summed E-state index contributed by atoms with van der Waals surface area (Å²) in [7, 11) is 2.03. The van der Waals surface area contributed by atoms with Crippen LogP contribution in [0.4, 0.5) is 0 Å². The van der Waals surface area contributed by atoms with Gasteiger partial charge in [-0.15, -0.1) is 0 Å². The van der Waals surface area contributed by atoms with Gasteiger partial charge in [0.2, 0.25) is 5.89 Å². The van der Waals surface area contributed by atoms with Crippen LogP contribution in [0.1, 0.15) is 54.6 Å². The van der Waals surface area contributed by atoms with E-state index in [1.165, 1.54) is 12.8 Å². The molecule has 108 valence electrons. The molecule has 0 aliphatic heterocycles. The van der Waals surface area contributed by atoms with Crippen molar-refractivity contribution in [2.24, 2.45) is 0 Å². The third kappa shape index (κ3) is 3.11. The quantitative estimate of drug-likeness (QED) is 0.843. The smallest absolute Gasteiger partial charge is 0.243 e. The zero-order valence-electron chi connectivity index (χ0n) is 12.3. The molecule has 5 heteroatoms. The second-order valence-corrected chi connectivity index (χ2v) is 5.66. The molecule has 0 bridgehead atoms. The number of hydrogen-bond donors (Lipinski definition) is 0. The minimum atomic E-state index is 0.0700. The van der Waals surface area contributed by atoms with Crippen LogP contribution in [0.5, 0.6) is 0 Å². The molecule has 0 N–H and O–H groups in total. The molecule has 1 heterocycles. The van der Waals surface area contributed by atoms with Crippen LogP contribution in [0.2, 0.25) is 0 Å².